The van der Waals surface area contributed by atoms with Gasteiger partial charge in [-0.05, 0) is 63.9 Å². The summed E-state index contributed by atoms with van der Waals surface area (Å²) in [7, 11) is 1.76. The minimum absolute atomic E-state index is 0.239. The zero-order valence-corrected chi connectivity index (χ0v) is 17.5. The maximum atomic E-state index is 5.89. The van der Waals surface area contributed by atoms with Crippen LogP contribution in [0, 0.1) is 6.92 Å². The number of rotatable bonds is 6. The van der Waals surface area contributed by atoms with Gasteiger partial charge in [-0.1, -0.05) is 37.3 Å². The molecule has 3 aromatic rings. The van der Waals surface area contributed by atoms with Crippen molar-refractivity contribution in [3.8, 4) is 10.4 Å². The Bertz CT molecular complexity index is 1000. The molecular formula is C24H27N3S. The van der Waals surface area contributed by atoms with Crippen molar-refractivity contribution < 1.29 is 0 Å². The van der Waals surface area contributed by atoms with E-state index in [9.17, 15) is 0 Å². The van der Waals surface area contributed by atoms with Crippen LogP contribution in [-0.4, -0.2) is 13.3 Å². The van der Waals surface area contributed by atoms with E-state index in [0.29, 0.717) is 6.54 Å². The maximum absolute atomic E-state index is 5.89. The summed E-state index contributed by atoms with van der Waals surface area (Å²) in [5.41, 5.74) is 20.0. The van der Waals surface area contributed by atoms with Crippen molar-refractivity contribution in [3.63, 3.8) is 0 Å². The number of aliphatic imine (C=N–C) groups is 1. The summed E-state index contributed by atoms with van der Waals surface area (Å²) in [6.45, 7) is 4.96. The van der Waals surface area contributed by atoms with E-state index in [1.165, 1.54) is 27.1 Å². The zero-order chi connectivity index (χ0) is 20.1. The summed E-state index contributed by atoms with van der Waals surface area (Å²) < 4.78 is 0. The van der Waals surface area contributed by atoms with Crippen molar-refractivity contribution in [1.29, 1.82) is 0 Å². The number of aryl methyl sites for hydroxylation is 1. The Morgan fingerprint density at radius 2 is 2.00 bits per heavy atom. The van der Waals surface area contributed by atoms with Crippen LogP contribution in [0.25, 0.3) is 16.0 Å². The molecule has 4 N–H and O–H groups in total. The van der Waals surface area contributed by atoms with Crippen LogP contribution in [0.2, 0.25) is 0 Å². The highest BCUT2D eigenvalue weighted by Gasteiger charge is 2.15. The van der Waals surface area contributed by atoms with Gasteiger partial charge in [-0.25, -0.2) is 0 Å². The molecule has 0 spiro atoms. The molecule has 3 rings (SSSR count). The minimum Gasteiger partial charge on any atom is -0.404 e. The Kier molecular flexibility index (Phi) is 6.45. The highest BCUT2D eigenvalue weighted by Crippen LogP contribution is 2.34. The summed E-state index contributed by atoms with van der Waals surface area (Å²) in [5, 5.41) is 2.10. The molecule has 4 heteroatoms. The maximum Gasteiger partial charge on any atom is 0.0343 e. The molecular weight excluding hydrogens is 362 g/mol. The summed E-state index contributed by atoms with van der Waals surface area (Å²) in [4.78, 5) is 5.40. The molecule has 1 unspecified atom stereocenters. The van der Waals surface area contributed by atoms with Gasteiger partial charge in [-0.3, -0.25) is 4.99 Å². The van der Waals surface area contributed by atoms with Gasteiger partial charge in [0.05, 0.1) is 0 Å². The predicted molar refractivity (Wildman–Crippen MR) is 123 cm³/mol. The first kappa shape index (κ1) is 20.1. The molecule has 2 aromatic carbocycles. The van der Waals surface area contributed by atoms with Crippen LogP contribution in [0.1, 0.15) is 40.7 Å². The van der Waals surface area contributed by atoms with Gasteiger partial charge in [-0.2, -0.15) is 0 Å². The number of hydrogen-bond donors (Lipinski definition) is 2. The highest BCUT2D eigenvalue weighted by molar-refractivity contribution is 7.13. The monoisotopic (exact) mass is 389 g/mol. The molecule has 0 radical (unpaired) electrons. The van der Waals surface area contributed by atoms with Gasteiger partial charge in [-0.15, -0.1) is 11.3 Å². The first-order valence-electron chi connectivity index (χ1n) is 9.40. The van der Waals surface area contributed by atoms with E-state index in [4.69, 9.17) is 11.5 Å². The average molecular weight is 390 g/mol. The van der Waals surface area contributed by atoms with Crippen LogP contribution in [-0.2, 0) is 6.54 Å². The third-order valence-corrected chi connectivity index (χ3v) is 6.01. The van der Waals surface area contributed by atoms with E-state index < -0.39 is 0 Å². The fraction of sp³-hybridized carbons (Fsp3) is 0.208. The second kappa shape index (κ2) is 9.00. The normalized spacial score (nSPS) is 13.2. The summed E-state index contributed by atoms with van der Waals surface area (Å²) in [6.07, 6.45) is 3.43. The first-order valence-corrected chi connectivity index (χ1v) is 10.3. The number of hydrogen-bond acceptors (Lipinski definition) is 4. The van der Waals surface area contributed by atoms with Gasteiger partial charge in [0.15, 0.2) is 0 Å². The van der Waals surface area contributed by atoms with Crippen LogP contribution in [0.5, 0.6) is 0 Å². The smallest absolute Gasteiger partial charge is 0.0343 e. The van der Waals surface area contributed by atoms with E-state index in [0.717, 1.165) is 16.7 Å². The van der Waals surface area contributed by atoms with E-state index in [1.54, 1.807) is 24.6 Å². The van der Waals surface area contributed by atoms with Crippen molar-refractivity contribution in [2.24, 2.45) is 16.5 Å². The lowest BCUT2D eigenvalue weighted by molar-refractivity contribution is 0.901. The van der Waals surface area contributed by atoms with Crippen LogP contribution in [0.3, 0.4) is 0 Å². The van der Waals surface area contributed by atoms with Crippen LogP contribution in [0.15, 0.2) is 65.1 Å². The Morgan fingerprint density at radius 1 is 1.18 bits per heavy atom. The fourth-order valence-electron chi connectivity index (χ4n) is 3.47. The van der Waals surface area contributed by atoms with Gasteiger partial charge < -0.3 is 11.5 Å². The number of allylic oxidation sites excluding steroid dienone is 1. The minimum atomic E-state index is 0.239. The lowest BCUT2D eigenvalue weighted by atomic mass is 9.86. The molecule has 0 fully saturated rings. The van der Waals surface area contributed by atoms with Crippen LogP contribution < -0.4 is 11.5 Å². The molecule has 1 aromatic heterocycles. The Balaban J connectivity index is 2.15. The van der Waals surface area contributed by atoms with E-state index in [1.807, 2.05) is 6.21 Å². The van der Waals surface area contributed by atoms with Gasteiger partial charge in [0, 0.05) is 42.4 Å². The van der Waals surface area contributed by atoms with Crippen molar-refractivity contribution in [3.05, 3.63) is 87.9 Å². The Hall–Kier alpha value is -2.69. The molecule has 0 aliphatic carbocycles. The zero-order valence-electron chi connectivity index (χ0n) is 16.6. The van der Waals surface area contributed by atoms with Crippen molar-refractivity contribution in [2.45, 2.75) is 26.3 Å². The van der Waals surface area contributed by atoms with Gasteiger partial charge >= 0.3 is 0 Å². The standard InChI is InChI=1S/C24H27N3S/c1-16-6-7-18(13-25)9-23(16)17(2)19-10-20(22(14-26)15-27-3)12-21(11-19)24-5-4-8-28-24/h4-12,14-15,17H,13,25-26H2,1-3H3. The van der Waals surface area contributed by atoms with Crippen molar-refractivity contribution >= 4 is 23.1 Å². The summed E-state index contributed by atoms with van der Waals surface area (Å²) >= 11 is 1.74. The molecule has 0 aliphatic rings. The lowest BCUT2D eigenvalue weighted by Gasteiger charge is -2.19. The number of benzene rings is 2. The van der Waals surface area contributed by atoms with Gasteiger partial charge in [0.2, 0.25) is 0 Å². The molecule has 0 saturated heterocycles. The molecule has 1 heterocycles. The van der Waals surface area contributed by atoms with Crippen LogP contribution >= 0.6 is 11.3 Å². The number of nitrogens with two attached hydrogens (primary N) is 2. The second-order valence-electron chi connectivity index (χ2n) is 6.95. The highest BCUT2D eigenvalue weighted by atomic mass is 32.1. The Morgan fingerprint density at radius 3 is 2.64 bits per heavy atom. The molecule has 28 heavy (non-hydrogen) atoms. The average Bonchev–Trinajstić information content (AvgIpc) is 3.26. The first-order chi connectivity index (χ1) is 13.6. The quantitative estimate of drug-likeness (QED) is 0.559. The van der Waals surface area contributed by atoms with Gasteiger partial charge in [0.25, 0.3) is 0 Å². The van der Waals surface area contributed by atoms with Crippen molar-refractivity contribution in [2.75, 3.05) is 7.05 Å². The molecule has 0 aliphatic heterocycles. The largest absolute Gasteiger partial charge is 0.404 e. The van der Waals surface area contributed by atoms with Crippen LogP contribution in [0.4, 0.5) is 0 Å². The molecule has 0 saturated carbocycles. The third-order valence-electron chi connectivity index (χ3n) is 5.09. The molecule has 3 nitrogen and oxygen atoms in total. The fourth-order valence-corrected chi connectivity index (χ4v) is 4.18. The molecule has 144 valence electrons. The summed E-state index contributed by atoms with van der Waals surface area (Å²) in [6, 6.07) is 17.4. The van der Waals surface area contributed by atoms with Crippen molar-refractivity contribution in [1.82, 2.24) is 0 Å². The summed E-state index contributed by atoms with van der Waals surface area (Å²) in [5.74, 6) is 0.239. The molecule has 0 bridgehead atoms. The SMILES string of the molecule is CN=CC(=CN)c1cc(-c2cccs2)cc(C(C)c2cc(CN)ccc2C)c1. The third kappa shape index (κ3) is 4.24. The van der Waals surface area contributed by atoms with E-state index in [-0.39, 0.29) is 5.92 Å². The Labute approximate surface area is 171 Å². The van der Waals surface area contributed by atoms with E-state index in [2.05, 4.69) is 72.8 Å². The molecule has 1 atom stereocenters. The predicted octanol–water partition coefficient (Wildman–Crippen LogP) is 5.33. The number of nitrogens with zero attached hydrogens (tertiary/aromatic N) is 1. The van der Waals surface area contributed by atoms with E-state index >= 15 is 0 Å². The van der Waals surface area contributed by atoms with Gasteiger partial charge in [0.1, 0.15) is 0 Å². The topological polar surface area (TPSA) is 64.4 Å². The molecule has 0 amide bonds. The lowest BCUT2D eigenvalue weighted by Crippen LogP contribution is -2.04. The second-order valence-corrected chi connectivity index (χ2v) is 7.89. The number of thiophene rings is 1.